The molecule has 0 aliphatic rings. The summed E-state index contributed by atoms with van der Waals surface area (Å²) in [7, 11) is 0. The summed E-state index contributed by atoms with van der Waals surface area (Å²) in [5.74, 6) is 0. The number of rotatable bonds is 4. The van der Waals surface area contributed by atoms with Crippen LogP contribution < -0.4 is 11.5 Å². The van der Waals surface area contributed by atoms with E-state index in [1.165, 1.54) is 0 Å². The minimum atomic E-state index is -0.132. The average molecular weight is 188 g/mol. The Bertz CT molecular complexity index is 302. The summed E-state index contributed by atoms with van der Waals surface area (Å²) in [6.45, 7) is 7.31. The molecule has 0 spiro atoms. The van der Waals surface area contributed by atoms with Crippen molar-refractivity contribution in [1.82, 2.24) is 0 Å². The van der Waals surface area contributed by atoms with E-state index in [2.05, 4.69) is 13.2 Å². The van der Waals surface area contributed by atoms with Crippen LogP contribution in [-0.4, -0.2) is 0 Å². The molecule has 0 heterocycles. The van der Waals surface area contributed by atoms with Gasteiger partial charge in [-0.3, -0.25) is 0 Å². The Labute approximate surface area is 84.9 Å². The van der Waals surface area contributed by atoms with Crippen molar-refractivity contribution in [2.45, 2.75) is 12.1 Å². The predicted molar refractivity (Wildman–Crippen MR) is 60.7 cm³/mol. The lowest BCUT2D eigenvalue weighted by Gasteiger charge is -2.11. The van der Waals surface area contributed by atoms with Crippen LogP contribution in [-0.2, 0) is 0 Å². The zero-order valence-corrected chi connectivity index (χ0v) is 8.19. The van der Waals surface area contributed by atoms with E-state index < -0.39 is 0 Å². The summed E-state index contributed by atoms with van der Waals surface area (Å²) >= 11 is 0. The van der Waals surface area contributed by atoms with Gasteiger partial charge in [-0.15, -0.1) is 13.2 Å². The van der Waals surface area contributed by atoms with E-state index in [0.717, 1.165) is 11.1 Å². The Morgan fingerprint density at radius 2 is 1.43 bits per heavy atom. The fraction of sp³-hybridized carbons (Fsp3) is 0.167. The molecule has 1 rings (SSSR count). The maximum absolute atomic E-state index is 5.82. The molecule has 0 aliphatic carbocycles. The third-order valence-electron chi connectivity index (χ3n) is 2.19. The Morgan fingerprint density at radius 3 is 1.79 bits per heavy atom. The second-order valence-electron chi connectivity index (χ2n) is 3.19. The normalized spacial score (nSPS) is 14.4. The highest BCUT2D eigenvalue weighted by Gasteiger charge is 2.05. The first kappa shape index (κ1) is 10.7. The fourth-order valence-electron chi connectivity index (χ4n) is 1.25. The minimum absolute atomic E-state index is 0.132. The predicted octanol–water partition coefficient (Wildman–Crippen LogP) is 2.06. The van der Waals surface area contributed by atoms with Crippen molar-refractivity contribution in [3.8, 4) is 0 Å². The Hall–Kier alpha value is -1.38. The van der Waals surface area contributed by atoms with Crippen LogP contribution in [0.15, 0.2) is 49.6 Å². The van der Waals surface area contributed by atoms with Crippen molar-refractivity contribution in [2.75, 3.05) is 0 Å². The largest absolute Gasteiger partial charge is 0.321 e. The second kappa shape index (κ2) is 4.74. The van der Waals surface area contributed by atoms with Gasteiger partial charge < -0.3 is 11.5 Å². The van der Waals surface area contributed by atoms with E-state index >= 15 is 0 Å². The number of hydrogen-bond acceptors (Lipinski definition) is 2. The molecule has 74 valence electrons. The van der Waals surface area contributed by atoms with Crippen molar-refractivity contribution in [2.24, 2.45) is 11.5 Å². The topological polar surface area (TPSA) is 52.0 Å². The lowest BCUT2D eigenvalue weighted by Crippen LogP contribution is -2.10. The van der Waals surface area contributed by atoms with E-state index in [1.807, 2.05) is 24.3 Å². The van der Waals surface area contributed by atoms with Crippen molar-refractivity contribution < 1.29 is 0 Å². The molecular formula is C12H16N2. The molecule has 0 amide bonds. The van der Waals surface area contributed by atoms with Gasteiger partial charge in [-0.1, -0.05) is 36.4 Å². The highest BCUT2D eigenvalue weighted by molar-refractivity contribution is 5.31. The molecule has 0 bridgehead atoms. The molecule has 2 nitrogen and oxygen atoms in total. The van der Waals surface area contributed by atoms with Crippen LogP contribution in [0.2, 0.25) is 0 Å². The summed E-state index contributed by atoms with van der Waals surface area (Å²) in [6.07, 6.45) is 3.41. The molecule has 2 unspecified atom stereocenters. The third-order valence-corrected chi connectivity index (χ3v) is 2.19. The molecule has 0 aliphatic heterocycles. The first-order valence-corrected chi connectivity index (χ1v) is 4.55. The van der Waals surface area contributed by atoms with Gasteiger partial charge in [0.2, 0.25) is 0 Å². The van der Waals surface area contributed by atoms with Crippen molar-refractivity contribution in [3.63, 3.8) is 0 Å². The molecule has 0 saturated carbocycles. The first-order valence-electron chi connectivity index (χ1n) is 4.55. The molecule has 1 aromatic carbocycles. The Balaban J connectivity index is 3.00. The average Bonchev–Trinajstić information content (AvgIpc) is 2.27. The second-order valence-corrected chi connectivity index (χ2v) is 3.19. The Morgan fingerprint density at radius 1 is 1.00 bits per heavy atom. The Kier molecular flexibility index (Phi) is 3.63. The van der Waals surface area contributed by atoms with Crippen molar-refractivity contribution >= 4 is 0 Å². The van der Waals surface area contributed by atoms with E-state index in [1.54, 1.807) is 12.2 Å². The molecule has 0 fully saturated rings. The van der Waals surface area contributed by atoms with Gasteiger partial charge in [0, 0.05) is 12.1 Å². The van der Waals surface area contributed by atoms with Crippen molar-refractivity contribution in [1.29, 1.82) is 0 Å². The molecule has 2 heteroatoms. The molecular weight excluding hydrogens is 172 g/mol. The highest BCUT2D eigenvalue weighted by Crippen LogP contribution is 2.17. The summed E-state index contributed by atoms with van der Waals surface area (Å²) in [4.78, 5) is 0. The lowest BCUT2D eigenvalue weighted by atomic mass is 10.0. The summed E-state index contributed by atoms with van der Waals surface area (Å²) in [6, 6.07) is 7.59. The molecule has 2 atom stereocenters. The number of hydrogen-bond donors (Lipinski definition) is 2. The van der Waals surface area contributed by atoms with E-state index in [0.29, 0.717) is 0 Å². The summed E-state index contributed by atoms with van der Waals surface area (Å²) < 4.78 is 0. The number of nitrogens with two attached hydrogens (primary N) is 2. The van der Waals surface area contributed by atoms with Gasteiger partial charge in [0.1, 0.15) is 0 Å². The monoisotopic (exact) mass is 188 g/mol. The van der Waals surface area contributed by atoms with Gasteiger partial charge in [0.05, 0.1) is 0 Å². The minimum Gasteiger partial charge on any atom is -0.321 e. The SMILES string of the molecule is C=CC(N)c1cccc(C(N)C=C)c1. The van der Waals surface area contributed by atoms with Crippen LogP contribution in [0.4, 0.5) is 0 Å². The standard InChI is InChI=1S/C12H16N2/c1-3-11(13)9-6-5-7-10(8-9)12(14)4-2/h3-8,11-12H,1-2,13-14H2. The molecule has 0 radical (unpaired) electrons. The zero-order chi connectivity index (χ0) is 10.6. The molecule has 4 N–H and O–H groups in total. The smallest absolute Gasteiger partial charge is 0.0478 e. The van der Waals surface area contributed by atoms with Gasteiger partial charge in [-0.2, -0.15) is 0 Å². The van der Waals surface area contributed by atoms with E-state index in [-0.39, 0.29) is 12.1 Å². The maximum Gasteiger partial charge on any atom is 0.0478 e. The molecule has 1 aromatic rings. The quantitative estimate of drug-likeness (QED) is 0.710. The van der Waals surface area contributed by atoms with Crippen LogP contribution in [0.1, 0.15) is 23.2 Å². The molecule has 0 aromatic heterocycles. The van der Waals surface area contributed by atoms with Gasteiger partial charge in [0.25, 0.3) is 0 Å². The lowest BCUT2D eigenvalue weighted by molar-refractivity contribution is 0.879. The van der Waals surface area contributed by atoms with Gasteiger partial charge in [-0.05, 0) is 11.1 Å². The summed E-state index contributed by atoms with van der Waals surface area (Å²) in [5.41, 5.74) is 13.7. The van der Waals surface area contributed by atoms with Gasteiger partial charge in [0.15, 0.2) is 0 Å². The van der Waals surface area contributed by atoms with E-state index in [9.17, 15) is 0 Å². The first-order chi connectivity index (χ1) is 6.69. The van der Waals surface area contributed by atoms with Crippen LogP contribution in [0.3, 0.4) is 0 Å². The highest BCUT2D eigenvalue weighted by atomic mass is 14.6. The maximum atomic E-state index is 5.82. The van der Waals surface area contributed by atoms with Crippen LogP contribution in [0.25, 0.3) is 0 Å². The fourth-order valence-corrected chi connectivity index (χ4v) is 1.25. The third kappa shape index (κ3) is 2.31. The van der Waals surface area contributed by atoms with Gasteiger partial charge >= 0.3 is 0 Å². The van der Waals surface area contributed by atoms with Crippen LogP contribution >= 0.6 is 0 Å². The molecule has 14 heavy (non-hydrogen) atoms. The molecule has 0 saturated heterocycles. The number of benzene rings is 1. The van der Waals surface area contributed by atoms with Crippen LogP contribution in [0.5, 0.6) is 0 Å². The van der Waals surface area contributed by atoms with E-state index in [4.69, 9.17) is 11.5 Å². The van der Waals surface area contributed by atoms with Gasteiger partial charge in [-0.25, -0.2) is 0 Å². The summed E-state index contributed by atoms with van der Waals surface area (Å²) in [5, 5.41) is 0. The van der Waals surface area contributed by atoms with Crippen molar-refractivity contribution in [3.05, 3.63) is 60.7 Å². The zero-order valence-electron chi connectivity index (χ0n) is 8.19. The van der Waals surface area contributed by atoms with Crippen LogP contribution in [0, 0.1) is 0 Å².